The van der Waals surface area contributed by atoms with Crippen molar-refractivity contribution in [2.75, 3.05) is 33.9 Å². The van der Waals surface area contributed by atoms with Gasteiger partial charge in [0.05, 0.1) is 12.7 Å². The predicted octanol–water partition coefficient (Wildman–Crippen LogP) is 0.797. The number of nitrogens with one attached hydrogen (secondary N) is 2. The number of ether oxygens (including phenoxy) is 2. The molecule has 0 saturated carbocycles. The largest absolute Gasteiger partial charge is 0.382 e. The molecule has 1 heterocycles. The highest BCUT2D eigenvalue weighted by Crippen LogP contribution is 2.21. The van der Waals surface area contributed by atoms with Crippen LogP contribution in [-0.4, -0.2) is 48.4 Å². The molecule has 0 radical (unpaired) electrons. The maximum Gasteiger partial charge on any atom is 0.250 e. The van der Waals surface area contributed by atoms with Crippen LogP contribution in [0.4, 0.5) is 0 Å². The second-order valence-corrected chi connectivity index (χ2v) is 7.33. The highest BCUT2D eigenvalue weighted by Gasteiger charge is 2.18. The molecule has 8 heteroatoms. The fourth-order valence-corrected chi connectivity index (χ4v) is 3.95. The molecule has 1 atom stereocenters. The lowest BCUT2D eigenvalue weighted by Crippen LogP contribution is -2.35. The van der Waals surface area contributed by atoms with Gasteiger partial charge in [-0.15, -0.1) is 11.3 Å². The Balaban J connectivity index is 2.61. The molecular weight excluding hydrogens is 300 g/mol. The summed E-state index contributed by atoms with van der Waals surface area (Å²) in [6.45, 7) is 4.07. The molecule has 0 aromatic carbocycles. The number of hydrogen-bond acceptors (Lipinski definition) is 6. The zero-order chi connectivity index (χ0) is 15.0. The maximum atomic E-state index is 12.1. The predicted molar refractivity (Wildman–Crippen MR) is 79.6 cm³/mol. The molecule has 0 bridgehead atoms. The summed E-state index contributed by atoms with van der Waals surface area (Å²) in [4.78, 5) is 0.993. The van der Waals surface area contributed by atoms with Crippen LogP contribution in [0.3, 0.4) is 0 Å². The van der Waals surface area contributed by atoms with E-state index in [1.54, 1.807) is 13.2 Å². The first-order chi connectivity index (χ1) is 9.53. The Labute approximate surface area is 124 Å². The summed E-state index contributed by atoms with van der Waals surface area (Å²) in [5.41, 5.74) is 0. The quantitative estimate of drug-likeness (QED) is 0.666. The summed E-state index contributed by atoms with van der Waals surface area (Å²) in [5.74, 6) is 0. The van der Waals surface area contributed by atoms with Crippen molar-refractivity contribution in [1.29, 1.82) is 0 Å². The Kier molecular flexibility index (Phi) is 7.63. The molecule has 0 aliphatic carbocycles. The van der Waals surface area contributed by atoms with Crippen molar-refractivity contribution in [2.45, 2.75) is 23.8 Å². The van der Waals surface area contributed by atoms with Gasteiger partial charge in [0.1, 0.15) is 4.21 Å². The fourth-order valence-electron chi connectivity index (χ4n) is 1.52. The lowest BCUT2D eigenvalue weighted by atomic mass is 10.4. The molecule has 1 rings (SSSR count). The monoisotopic (exact) mass is 322 g/mol. The summed E-state index contributed by atoms with van der Waals surface area (Å²) >= 11 is 1.27. The van der Waals surface area contributed by atoms with Gasteiger partial charge in [0.25, 0.3) is 0 Å². The van der Waals surface area contributed by atoms with Crippen LogP contribution in [0.5, 0.6) is 0 Å². The average Bonchev–Trinajstić information content (AvgIpc) is 2.90. The van der Waals surface area contributed by atoms with E-state index < -0.39 is 10.0 Å². The van der Waals surface area contributed by atoms with Crippen molar-refractivity contribution >= 4 is 21.4 Å². The molecular formula is C12H22N2O4S2. The summed E-state index contributed by atoms with van der Waals surface area (Å²) in [7, 11) is -0.409. The van der Waals surface area contributed by atoms with Crippen molar-refractivity contribution in [2.24, 2.45) is 0 Å². The van der Waals surface area contributed by atoms with Gasteiger partial charge in [0.15, 0.2) is 0 Å². The van der Waals surface area contributed by atoms with Crippen molar-refractivity contribution in [3.05, 3.63) is 17.0 Å². The smallest absolute Gasteiger partial charge is 0.250 e. The minimum absolute atomic E-state index is 0.188. The van der Waals surface area contributed by atoms with Crippen molar-refractivity contribution < 1.29 is 17.9 Å². The second kappa shape index (κ2) is 8.71. The Morgan fingerprint density at radius 1 is 1.35 bits per heavy atom. The summed E-state index contributed by atoms with van der Waals surface area (Å²) in [6, 6.07) is 3.45. The zero-order valence-corrected chi connectivity index (χ0v) is 13.6. The van der Waals surface area contributed by atoms with E-state index in [1.165, 1.54) is 18.4 Å². The Hall–Kier alpha value is -0.510. The molecule has 0 spiro atoms. The molecule has 0 fully saturated rings. The number of methoxy groups -OCH3 is 2. The van der Waals surface area contributed by atoms with Crippen LogP contribution < -0.4 is 10.0 Å². The van der Waals surface area contributed by atoms with Crippen LogP contribution in [0.15, 0.2) is 16.3 Å². The molecule has 0 amide bonds. The Morgan fingerprint density at radius 2 is 2.10 bits per heavy atom. The zero-order valence-electron chi connectivity index (χ0n) is 12.0. The minimum atomic E-state index is -3.48. The van der Waals surface area contributed by atoms with E-state index in [9.17, 15) is 8.42 Å². The van der Waals surface area contributed by atoms with E-state index in [0.29, 0.717) is 17.4 Å². The third-order valence-corrected chi connectivity index (χ3v) is 5.64. The molecule has 0 aliphatic rings. The van der Waals surface area contributed by atoms with E-state index >= 15 is 0 Å². The van der Waals surface area contributed by atoms with Gasteiger partial charge in [-0.05, 0) is 18.7 Å². The van der Waals surface area contributed by atoms with E-state index in [1.807, 2.05) is 13.0 Å². The highest BCUT2D eigenvalue weighted by atomic mass is 32.2. The van der Waals surface area contributed by atoms with Crippen LogP contribution in [0.1, 0.15) is 11.8 Å². The Bertz CT molecular complexity index is 487. The number of hydrogen-bond donors (Lipinski definition) is 2. The standard InChI is InChI=1S/C12H22N2O4S2/c1-4-13-8-11-5-6-12(19-11)20(15,16)14-7-10(18-3)9-17-2/h5-6,10,13-14H,4,7-9H2,1-3H3. The average molecular weight is 322 g/mol. The molecule has 1 aromatic heterocycles. The highest BCUT2D eigenvalue weighted by molar-refractivity contribution is 7.91. The Morgan fingerprint density at radius 3 is 2.70 bits per heavy atom. The SMILES string of the molecule is CCNCc1ccc(S(=O)(=O)NCC(COC)OC)s1. The van der Waals surface area contributed by atoms with E-state index in [2.05, 4.69) is 10.0 Å². The van der Waals surface area contributed by atoms with E-state index in [0.717, 1.165) is 11.4 Å². The van der Waals surface area contributed by atoms with Gasteiger partial charge in [-0.3, -0.25) is 0 Å². The summed E-state index contributed by atoms with van der Waals surface area (Å²) in [6.07, 6.45) is -0.295. The third kappa shape index (κ3) is 5.47. The van der Waals surface area contributed by atoms with Crippen molar-refractivity contribution in [1.82, 2.24) is 10.0 Å². The molecule has 20 heavy (non-hydrogen) atoms. The molecule has 2 N–H and O–H groups in total. The van der Waals surface area contributed by atoms with Crippen molar-refractivity contribution in [3.63, 3.8) is 0 Å². The molecule has 116 valence electrons. The molecule has 6 nitrogen and oxygen atoms in total. The number of sulfonamides is 1. The molecule has 1 unspecified atom stereocenters. The molecule has 1 aromatic rings. The number of rotatable bonds is 10. The lowest BCUT2D eigenvalue weighted by molar-refractivity contribution is 0.0320. The van der Waals surface area contributed by atoms with Gasteiger partial charge >= 0.3 is 0 Å². The first-order valence-corrected chi connectivity index (χ1v) is 8.64. The van der Waals surface area contributed by atoms with Gasteiger partial charge in [-0.1, -0.05) is 6.92 Å². The van der Waals surface area contributed by atoms with E-state index in [4.69, 9.17) is 9.47 Å². The fraction of sp³-hybridized carbons (Fsp3) is 0.667. The van der Waals surface area contributed by atoms with Crippen LogP contribution in [0.25, 0.3) is 0 Å². The van der Waals surface area contributed by atoms with Gasteiger partial charge in [-0.25, -0.2) is 13.1 Å². The number of thiophene rings is 1. The minimum Gasteiger partial charge on any atom is -0.382 e. The lowest BCUT2D eigenvalue weighted by Gasteiger charge is -2.14. The maximum absolute atomic E-state index is 12.1. The van der Waals surface area contributed by atoms with Crippen molar-refractivity contribution in [3.8, 4) is 0 Å². The van der Waals surface area contributed by atoms with Crippen LogP contribution in [0.2, 0.25) is 0 Å². The van der Waals surface area contributed by atoms with Gasteiger partial charge in [0.2, 0.25) is 10.0 Å². The topological polar surface area (TPSA) is 76.7 Å². The summed E-state index contributed by atoms with van der Waals surface area (Å²) < 4.78 is 37.2. The summed E-state index contributed by atoms with van der Waals surface area (Å²) in [5, 5.41) is 3.16. The normalized spacial score (nSPS) is 13.6. The van der Waals surface area contributed by atoms with Crippen LogP contribution in [0, 0.1) is 0 Å². The molecule has 0 aliphatic heterocycles. The van der Waals surface area contributed by atoms with E-state index in [-0.39, 0.29) is 12.6 Å². The van der Waals surface area contributed by atoms with Crippen LogP contribution in [-0.2, 0) is 26.0 Å². The molecule has 0 saturated heterocycles. The van der Waals surface area contributed by atoms with Crippen LogP contribution >= 0.6 is 11.3 Å². The first-order valence-electron chi connectivity index (χ1n) is 6.34. The third-order valence-electron chi connectivity index (χ3n) is 2.64. The first kappa shape index (κ1) is 17.5. The van der Waals surface area contributed by atoms with Gasteiger partial charge in [-0.2, -0.15) is 0 Å². The van der Waals surface area contributed by atoms with Gasteiger partial charge < -0.3 is 14.8 Å². The second-order valence-electron chi connectivity index (χ2n) is 4.17. The van der Waals surface area contributed by atoms with Gasteiger partial charge in [0, 0.05) is 32.2 Å².